The smallest absolute Gasteiger partial charge is 0.256 e. The monoisotopic (exact) mass is 249 g/mol. The molecule has 0 aliphatic carbocycles. The number of thiophene rings is 1. The topological polar surface area (TPSA) is 70.1 Å². The van der Waals surface area contributed by atoms with Gasteiger partial charge in [0.2, 0.25) is 5.88 Å². The van der Waals surface area contributed by atoms with E-state index in [1.54, 1.807) is 16.0 Å². The standard InChI is InChI=1S/C11H11N3O2S/c12-10(15)8-9(7-2-5-17-6-7)13-14-3-1-4-16-11(8)14/h2,5-6H,1,3-4H2,(H2,12,15). The zero-order chi connectivity index (χ0) is 11.8. The van der Waals surface area contributed by atoms with Crippen LogP contribution in [0.2, 0.25) is 0 Å². The van der Waals surface area contributed by atoms with Crippen molar-refractivity contribution in [1.29, 1.82) is 0 Å². The summed E-state index contributed by atoms with van der Waals surface area (Å²) < 4.78 is 7.22. The second-order valence-corrected chi connectivity index (χ2v) is 4.61. The molecule has 0 fully saturated rings. The van der Waals surface area contributed by atoms with Crippen molar-refractivity contribution in [2.24, 2.45) is 5.73 Å². The van der Waals surface area contributed by atoms with Gasteiger partial charge in [-0.3, -0.25) is 4.79 Å². The molecule has 0 unspecified atom stereocenters. The van der Waals surface area contributed by atoms with Crippen LogP contribution in [0, 0.1) is 0 Å². The van der Waals surface area contributed by atoms with Gasteiger partial charge in [0, 0.05) is 23.9 Å². The highest BCUT2D eigenvalue weighted by Crippen LogP contribution is 2.33. The fraction of sp³-hybridized carbons (Fsp3) is 0.273. The van der Waals surface area contributed by atoms with Crippen molar-refractivity contribution in [3.05, 3.63) is 22.4 Å². The predicted octanol–water partition coefficient (Wildman–Crippen LogP) is 1.49. The molecule has 2 N–H and O–H groups in total. The molecule has 0 aromatic carbocycles. The van der Waals surface area contributed by atoms with Gasteiger partial charge < -0.3 is 10.5 Å². The van der Waals surface area contributed by atoms with Crippen molar-refractivity contribution in [2.45, 2.75) is 13.0 Å². The maximum Gasteiger partial charge on any atom is 0.256 e. The van der Waals surface area contributed by atoms with E-state index >= 15 is 0 Å². The number of hydrogen-bond donors (Lipinski definition) is 1. The maximum atomic E-state index is 11.5. The van der Waals surface area contributed by atoms with Gasteiger partial charge in [-0.05, 0) is 11.4 Å². The fourth-order valence-electron chi connectivity index (χ4n) is 1.95. The van der Waals surface area contributed by atoms with Crippen molar-refractivity contribution >= 4 is 17.2 Å². The van der Waals surface area contributed by atoms with Crippen LogP contribution >= 0.6 is 11.3 Å². The molecule has 1 aliphatic rings. The molecule has 0 saturated carbocycles. The molecule has 0 bridgehead atoms. The number of amides is 1. The number of aromatic nitrogens is 2. The lowest BCUT2D eigenvalue weighted by Crippen LogP contribution is -2.18. The Balaban J connectivity index is 2.21. The molecule has 0 saturated heterocycles. The first-order valence-corrected chi connectivity index (χ1v) is 6.27. The van der Waals surface area contributed by atoms with Crippen molar-refractivity contribution in [1.82, 2.24) is 9.78 Å². The number of ether oxygens (including phenoxy) is 1. The molecule has 2 aromatic rings. The first kappa shape index (κ1) is 10.3. The van der Waals surface area contributed by atoms with Crippen LogP contribution in [0.15, 0.2) is 16.8 Å². The van der Waals surface area contributed by atoms with E-state index in [0.29, 0.717) is 23.7 Å². The summed E-state index contributed by atoms with van der Waals surface area (Å²) in [5.41, 5.74) is 7.34. The van der Waals surface area contributed by atoms with Crippen LogP contribution in [-0.2, 0) is 6.54 Å². The van der Waals surface area contributed by atoms with Gasteiger partial charge in [-0.2, -0.15) is 16.4 Å². The minimum absolute atomic E-state index is 0.392. The number of primary amides is 1. The van der Waals surface area contributed by atoms with Crippen LogP contribution in [0.25, 0.3) is 11.3 Å². The van der Waals surface area contributed by atoms with E-state index in [-0.39, 0.29) is 0 Å². The summed E-state index contributed by atoms with van der Waals surface area (Å²) in [7, 11) is 0. The first-order valence-electron chi connectivity index (χ1n) is 5.33. The van der Waals surface area contributed by atoms with E-state index in [4.69, 9.17) is 10.5 Å². The Kier molecular flexibility index (Phi) is 2.36. The van der Waals surface area contributed by atoms with E-state index in [1.807, 2.05) is 16.8 Å². The van der Waals surface area contributed by atoms with Gasteiger partial charge in [-0.1, -0.05) is 0 Å². The van der Waals surface area contributed by atoms with Gasteiger partial charge in [0.05, 0.1) is 6.61 Å². The summed E-state index contributed by atoms with van der Waals surface area (Å²) in [4.78, 5) is 11.5. The Bertz CT molecular complexity index is 560. The van der Waals surface area contributed by atoms with Crippen molar-refractivity contribution < 1.29 is 9.53 Å². The summed E-state index contributed by atoms with van der Waals surface area (Å²) in [6.45, 7) is 1.37. The predicted molar refractivity (Wildman–Crippen MR) is 64.2 cm³/mol. The Morgan fingerprint density at radius 3 is 3.18 bits per heavy atom. The van der Waals surface area contributed by atoms with Crippen LogP contribution in [0.4, 0.5) is 0 Å². The second-order valence-electron chi connectivity index (χ2n) is 3.83. The van der Waals surface area contributed by atoms with Gasteiger partial charge in [-0.15, -0.1) is 0 Å². The van der Waals surface area contributed by atoms with Crippen molar-refractivity contribution in [2.75, 3.05) is 6.61 Å². The SMILES string of the molecule is NC(=O)c1c(-c2ccsc2)nn2c1OCCC2. The molecular weight excluding hydrogens is 238 g/mol. The van der Waals surface area contributed by atoms with E-state index in [2.05, 4.69) is 5.10 Å². The number of carbonyl (C=O) groups excluding carboxylic acids is 1. The average molecular weight is 249 g/mol. The minimum atomic E-state index is -0.491. The average Bonchev–Trinajstić information content (AvgIpc) is 2.95. The molecule has 17 heavy (non-hydrogen) atoms. The summed E-state index contributed by atoms with van der Waals surface area (Å²) in [5.74, 6) is 0.0132. The Morgan fingerprint density at radius 1 is 1.59 bits per heavy atom. The third-order valence-electron chi connectivity index (χ3n) is 2.70. The zero-order valence-corrected chi connectivity index (χ0v) is 9.87. The summed E-state index contributed by atoms with van der Waals surface area (Å²) in [5, 5.41) is 8.30. The second kappa shape index (κ2) is 3.89. The molecule has 88 valence electrons. The molecule has 0 radical (unpaired) electrons. The highest BCUT2D eigenvalue weighted by atomic mass is 32.1. The van der Waals surface area contributed by atoms with E-state index in [0.717, 1.165) is 18.5 Å². The van der Waals surface area contributed by atoms with Crippen molar-refractivity contribution in [3.63, 3.8) is 0 Å². The van der Waals surface area contributed by atoms with Crippen molar-refractivity contribution in [3.8, 4) is 17.1 Å². The Hall–Kier alpha value is -1.82. The van der Waals surface area contributed by atoms with Crippen LogP contribution in [0.5, 0.6) is 5.88 Å². The summed E-state index contributed by atoms with van der Waals surface area (Å²) in [6, 6.07) is 1.92. The summed E-state index contributed by atoms with van der Waals surface area (Å²) in [6.07, 6.45) is 0.899. The molecule has 2 aromatic heterocycles. The highest BCUT2D eigenvalue weighted by molar-refractivity contribution is 7.08. The van der Waals surface area contributed by atoms with Crippen LogP contribution < -0.4 is 10.5 Å². The van der Waals surface area contributed by atoms with Crippen LogP contribution in [0.3, 0.4) is 0 Å². The first-order chi connectivity index (χ1) is 8.27. The number of carbonyl (C=O) groups is 1. The lowest BCUT2D eigenvalue weighted by atomic mass is 10.1. The molecule has 1 aliphatic heterocycles. The number of fused-ring (bicyclic) bond motifs is 1. The third kappa shape index (κ3) is 1.61. The Morgan fingerprint density at radius 2 is 2.47 bits per heavy atom. The normalized spacial score (nSPS) is 14.1. The van der Waals surface area contributed by atoms with Gasteiger partial charge in [0.15, 0.2) is 0 Å². The highest BCUT2D eigenvalue weighted by Gasteiger charge is 2.26. The number of nitrogens with two attached hydrogens (primary N) is 1. The van der Waals surface area contributed by atoms with E-state index in [1.165, 1.54) is 0 Å². The van der Waals surface area contributed by atoms with E-state index < -0.39 is 5.91 Å². The number of nitrogens with zero attached hydrogens (tertiary/aromatic N) is 2. The number of hydrogen-bond acceptors (Lipinski definition) is 4. The Labute approximate surface area is 102 Å². The van der Waals surface area contributed by atoms with Gasteiger partial charge in [0.1, 0.15) is 11.3 Å². The van der Waals surface area contributed by atoms with Gasteiger partial charge in [0.25, 0.3) is 5.91 Å². The van der Waals surface area contributed by atoms with E-state index in [9.17, 15) is 4.79 Å². The number of aryl methyl sites for hydroxylation is 1. The summed E-state index contributed by atoms with van der Waals surface area (Å²) >= 11 is 1.56. The van der Waals surface area contributed by atoms with Gasteiger partial charge in [-0.25, -0.2) is 4.68 Å². The van der Waals surface area contributed by atoms with Crippen LogP contribution in [0.1, 0.15) is 16.8 Å². The molecule has 0 atom stereocenters. The molecule has 3 heterocycles. The molecule has 3 rings (SSSR count). The third-order valence-corrected chi connectivity index (χ3v) is 3.38. The fourth-order valence-corrected chi connectivity index (χ4v) is 2.59. The molecule has 6 heteroatoms. The largest absolute Gasteiger partial charge is 0.477 e. The molecule has 0 spiro atoms. The molecular formula is C11H11N3O2S. The lowest BCUT2D eigenvalue weighted by Gasteiger charge is -2.14. The molecule has 1 amide bonds. The lowest BCUT2D eigenvalue weighted by molar-refractivity contribution is 0.0994. The zero-order valence-electron chi connectivity index (χ0n) is 9.05. The van der Waals surface area contributed by atoms with Gasteiger partial charge >= 0.3 is 0 Å². The molecule has 5 nitrogen and oxygen atoms in total. The number of rotatable bonds is 2. The quantitative estimate of drug-likeness (QED) is 0.876. The maximum absolute atomic E-state index is 11.5. The minimum Gasteiger partial charge on any atom is -0.477 e. The van der Waals surface area contributed by atoms with Crippen LogP contribution in [-0.4, -0.2) is 22.3 Å².